The van der Waals surface area contributed by atoms with Crippen LogP contribution >= 0.6 is 12.4 Å². The van der Waals surface area contributed by atoms with Gasteiger partial charge in [-0.25, -0.2) is 4.68 Å². The van der Waals surface area contributed by atoms with E-state index in [1.165, 1.54) is 12.3 Å². The number of rotatable bonds is 4. The molecule has 6 heteroatoms. The molecule has 2 aromatic rings. The molecule has 0 saturated heterocycles. The molecule has 2 rings (SSSR count). The molecular weight excluding hydrogens is 248 g/mol. The summed E-state index contributed by atoms with van der Waals surface area (Å²) in [4.78, 5) is 0. The molecule has 17 heavy (non-hydrogen) atoms. The van der Waals surface area contributed by atoms with E-state index in [9.17, 15) is 8.78 Å². The van der Waals surface area contributed by atoms with E-state index < -0.39 is 6.55 Å². The molecule has 1 aromatic heterocycles. The number of hydrogen-bond acceptors (Lipinski definition) is 2. The predicted molar refractivity (Wildman–Crippen MR) is 64.5 cm³/mol. The van der Waals surface area contributed by atoms with Crippen molar-refractivity contribution in [3.63, 3.8) is 0 Å². The van der Waals surface area contributed by atoms with Crippen LogP contribution in [0.15, 0.2) is 42.6 Å². The third kappa shape index (κ3) is 3.71. The normalized spacial score (nSPS) is 10.1. The van der Waals surface area contributed by atoms with Gasteiger partial charge in [0.2, 0.25) is 0 Å². The number of halogens is 3. The van der Waals surface area contributed by atoms with Crippen LogP contribution in [-0.4, -0.2) is 9.78 Å². The zero-order valence-electron chi connectivity index (χ0n) is 8.88. The van der Waals surface area contributed by atoms with E-state index in [0.717, 1.165) is 5.56 Å². The van der Waals surface area contributed by atoms with Crippen LogP contribution in [0.4, 0.5) is 14.6 Å². The minimum atomic E-state index is -2.59. The van der Waals surface area contributed by atoms with Crippen molar-refractivity contribution in [1.82, 2.24) is 9.78 Å². The van der Waals surface area contributed by atoms with E-state index in [4.69, 9.17) is 0 Å². The van der Waals surface area contributed by atoms with Crippen LogP contribution in [0.25, 0.3) is 0 Å². The number of anilines is 1. The zero-order chi connectivity index (χ0) is 11.4. The highest BCUT2D eigenvalue weighted by molar-refractivity contribution is 5.85. The van der Waals surface area contributed by atoms with Crippen molar-refractivity contribution in [2.45, 2.75) is 13.1 Å². The van der Waals surface area contributed by atoms with Crippen LogP contribution in [-0.2, 0) is 6.54 Å². The summed E-state index contributed by atoms with van der Waals surface area (Å²) in [6.45, 7) is -2.02. The number of aromatic nitrogens is 2. The summed E-state index contributed by atoms with van der Waals surface area (Å²) < 4.78 is 25.1. The Morgan fingerprint density at radius 1 is 1.18 bits per heavy atom. The number of nitrogens with one attached hydrogen (secondary N) is 1. The SMILES string of the molecule is Cl.FC(F)n1ccc(NCc2ccccc2)n1. The zero-order valence-corrected chi connectivity index (χ0v) is 9.70. The molecular formula is C11H12ClF2N3. The number of alkyl halides is 2. The summed E-state index contributed by atoms with van der Waals surface area (Å²) >= 11 is 0. The third-order valence-corrected chi connectivity index (χ3v) is 2.12. The summed E-state index contributed by atoms with van der Waals surface area (Å²) in [6, 6.07) is 11.2. The summed E-state index contributed by atoms with van der Waals surface area (Å²) in [7, 11) is 0. The van der Waals surface area contributed by atoms with Gasteiger partial charge in [-0.3, -0.25) is 0 Å². The Hall–Kier alpha value is -1.62. The van der Waals surface area contributed by atoms with Crippen molar-refractivity contribution in [1.29, 1.82) is 0 Å². The van der Waals surface area contributed by atoms with Gasteiger partial charge >= 0.3 is 6.55 Å². The molecule has 0 unspecified atom stereocenters. The van der Waals surface area contributed by atoms with Crippen LogP contribution in [0.5, 0.6) is 0 Å². The minimum Gasteiger partial charge on any atom is -0.365 e. The van der Waals surface area contributed by atoms with E-state index in [0.29, 0.717) is 17.0 Å². The van der Waals surface area contributed by atoms with Gasteiger partial charge in [-0.15, -0.1) is 12.4 Å². The largest absolute Gasteiger partial charge is 0.365 e. The standard InChI is InChI=1S/C11H11F2N3.ClH/c12-11(13)16-7-6-10(15-16)14-8-9-4-2-1-3-5-9;/h1-7,11H,8H2,(H,14,15);1H. The van der Waals surface area contributed by atoms with Crippen LogP contribution < -0.4 is 5.32 Å². The van der Waals surface area contributed by atoms with Gasteiger partial charge in [0.25, 0.3) is 0 Å². The van der Waals surface area contributed by atoms with Crippen molar-refractivity contribution in [2.24, 2.45) is 0 Å². The van der Waals surface area contributed by atoms with Gasteiger partial charge in [0, 0.05) is 18.8 Å². The maximum Gasteiger partial charge on any atom is 0.333 e. The van der Waals surface area contributed by atoms with E-state index in [-0.39, 0.29) is 12.4 Å². The Morgan fingerprint density at radius 2 is 1.88 bits per heavy atom. The highest BCUT2D eigenvalue weighted by Gasteiger charge is 2.06. The quantitative estimate of drug-likeness (QED) is 0.913. The fourth-order valence-electron chi connectivity index (χ4n) is 1.33. The molecule has 0 aliphatic heterocycles. The predicted octanol–water partition coefficient (Wildman–Crippen LogP) is 3.31. The van der Waals surface area contributed by atoms with Crippen molar-refractivity contribution < 1.29 is 8.78 Å². The Morgan fingerprint density at radius 3 is 2.47 bits per heavy atom. The van der Waals surface area contributed by atoms with Crippen molar-refractivity contribution in [2.75, 3.05) is 5.32 Å². The maximum absolute atomic E-state index is 12.2. The summed E-state index contributed by atoms with van der Waals surface area (Å²) in [6.07, 6.45) is 1.25. The minimum absolute atomic E-state index is 0. The Labute approximate surface area is 104 Å². The average molecular weight is 260 g/mol. The second kappa shape index (κ2) is 6.20. The van der Waals surface area contributed by atoms with Crippen LogP contribution in [0.2, 0.25) is 0 Å². The first kappa shape index (κ1) is 13.4. The van der Waals surface area contributed by atoms with Gasteiger partial charge in [0.05, 0.1) is 0 Å². The monoisotopic (exact) mass is 259 g/mol. The van der Waals surface area contributed by atoms with Gasteiger partial charge in [0.1, 0.15) is 5.82 Å². The molecule has 1 aromatic carbocycles. The Balaban J connectivity index is 0.00000144. The summed E-state index contributed by atoms with van der Waals surface area (Å²) in [5, 5.41) is 6.65. The van der Waals surface area contributed by atoms with Crippen LogP contribution in [0, 0.1) is 0 Å². The van der Waals surface area contributed by atoms with Crippen molar-refractivity contribution >= 4 is 18.2 Å². The first-order chi connectivity index (χ1) is 7.75. The maximum atomic E-state index is 12.2. The molecule has 1 heterocycles. The topological polar surface area (TPSA) is 29.9 Å². The lowest BCUT2D eigenvalue weighted by Gasteiger charge is -2.02. The first-order valence-corrected chi connectivity index (χ1v) is 4.87. The average Bonchev–Trinajstić information content (AvgIpc) is 2.76. The van der Waals surface area contributed by atoms with Crippen molar-refractivity contribution in [3.05, 3.63) is 48.2 Å². The highest BCUT2D eigenvalue weighted by atomic mass is 35.5. The van der Waals surface area contributed by atoms with Crippen LogP contribution in [0.3, 0.4) is 0 Å². The summed E-state index contributed by atoms with van der Waals surface area (Å²) in [5.41, 5.74) is 1.08. The highest BCUT2D eigenvalue weighted by Crippen LogP contribution is 2.12. The molecule has 0 atom stereocenters. The second-order valence-corrected chi connectivity index (χ2v) is 3.30. The lowest BCUT2D eigenvalue weighted by molar-refractivity contribution is 0.0569. The number of benzene rings is 1. The molecule has 0 aliphatic rings. The van der Waals surface area contributed by atoms with Gasteiger partial charge in [-0.1, -0.05) is 30.3 Å². The van der Waals surface area contributed by atoms with Gasteiger partial charge in [-0.2, -0.15) is 13.9 Å². The number of hydrogen-bond donors (Lipinski definition) is 1. The smallest absolute Gasteiger partial charge is 0.333 e. The molecule has 0 saturated carbocycles. The second-order valence-electron chi connectivity index (χ2n) is 3.30. The van der Waals surface area contributed by atoms with Gasteiger partial charge in [-0.05, 0) is 5.56 Å². The molecule has 0 fully saturated rings. The van der Waals surface area contributed by atoms with E-state index in [2.05, 4.69) is 10.4 Å². The number of nitrogens with zero attached hydrogens (tertiary/aromatic N) is 2. The fourth-order valence-corrected chi connectivity index (χ4v) is 1.33. The van der Waals surface area contributed by atoms with Gasteiger partial charge in [0.15, 0.2) is 0 Å². The first-order valence-electron chi connectivity index (χ1n) is 4.87. The molecule has 0 amide bonds. The molecule has 0 radical (unpaired) electrons. The Bertz CT molecular complexity index is 445. The van der Waals surface area contributed by atoms with Crippen molar-refractivity contribution in [3.8, 4) is 0 Å². The molecule has 1 N–H and O–H groups in total. The third-order valence-electron chi connectivity index (χ3n) is 2.12. The lowest BCUT2D eigenvalue weighted by Crippen LogP contribution is -2.02. The van der Waals surface area contributed by atoms with Crippen LogP contribution in [0.1, 0.15) is 12.1 Å². The van der Waals surface area contributed by atoms with Gasteiger partial charge < -0.3 is 5.32 Å². The molecule has 3 nitrogen and oxygen atoms in total. The lowest BCUT2D eigenvalue weighted by atomic mass is 10.2. The molecule has 0 spiro atoms. The fraction of sp³-hybridized carbons (Fsp3) is 0.182. The summed E-state index contributed by atoms with van der Waals surface area (Å²) in [5.74, 6) is 0.448. The molecule has 92 valence electrons. The molecule has 0 bridgehead atoms. The van der Waals surface area contributed by atoms with E-state index in [1.54, 1.807) is 0 Å². The Kier molecular flexibility index (Phi) is 4.90. The van der Waals surface area contributed by atoms with E-state index in [1.807, 2.05) is 30.3 Å². The molecule has 0 aliphatic carbocycles. The van der Waals surface area contributed by atoms with E-state index >= 15 is 0 Å².